The Labute approximate surface area is 211 Å². The Morgan fingerprint density at radius 1 is 0.706 bits per heavy atom. The Balaban J connectivity index is 2.17. The molecule has 5 nitrogen and oxygen atoms in total. The van der Waals surface area contributed by atoms with Crippen LogP contribution in [0.15, 0.2) is 65.6 Å². The number of rotatable bonds is 9. The summed E-state index contributed by atoms with van der Waals surface area (Å²) in [7, 11) is -0.669. The summed E-state index contributed by atoms with van der Waals surface area (Å²) in [4.78, 5) is 0.163. The van der Waals surface area contributed by atoms with Crippen LogP contribution in [0.4, 0.5) is 0 Å². The molecule has 0 atom stereocenters. The first-order chi connectivity index (χ1) is 16.1. The van der Waals surface area contributed by atoms with Crippen molar-refractivity contribution in [3.8, 4) is 11.5 Å². The van der Waals surface area contributed by atoms with Crippen LogP contribution in [0.2, 0.25) is 0 Å². The summed E-state index contributed by atoms with van der Waals surface area (Å²) < 4.78 is 45.7. The molecule has 0 unspecified atom stereocenters. The van der Waals surface area contributed by atoms with Crippen molar-refractivity contribution < 1.29 is 20.4 Å². The quantitative estimate of drug-likeness (QED) is 0.246. The zero-order valence-corrected chi connectivity index (χ0v) is 23.7. The van der Waals surface area contributed by atoms with Crippen LogP contribution < -0.4 is 9.47 Å². The van der Waals surface area contributed by atoms with Crippen molar-refractivity contribution in [3.63, 3.8) is 0 Å². The molecule has 3 rings (SSSR count). The predicted octanol–water partition coefficient (Wildman–Crippen LogP) is 7.13. The van der Waals surface area contributed by atoms with E-state index >= 15 is 0 Å². The van der Waals surface area contributed by atoms with E-state index in [0.29, 0.717) is 0 Å². The van der Waals surface area contributed by atoms with Gasteiger partial charge in [-0.25, -0.2) is 0 Å². The summed E-state index contributed by atoms with van der Waals surface area (Å²) >= 11 is -2.89. The van der Waals surface area contributed by atoms with E-state index in [0.717, 1.165) is 35.3 Å². The topological polar surface area (TPSA) is 61.8 Å². The van der Waals surface area contributed by atoms with E-state index in [1.807, 2.05) is 43.3 Å². The molecule has 0 aliphatic rings. The van der Waals surface area contributed by atoms with E-state index in [1.165, 1.54) is 0 Å². The summed E-state index contributed by atoms with van der Waals surface area (Å²) in [5.41, 5.74) is 3.04. The second-order valence-electron chi connectivity index (χ2n) is 8.66. The van der Waals surface area contributed by atoms with Gasteiger partial charge in [-0.2, -0.15) is 0 Å². The van der Waals surface area contributed by atoms with Gasteiger partial charge >= 0.3 is 212 Å². The van der Waals surface area contributed by atoms with Crippen LogP contribution >= 0.6 is 20.2 Å². The van der Waals surface area contributed by atoms with Crippen LogP contribution in [0.5, 0.6) is 11.5 Å². The Bertz CT molecular complexity index is 1170. The zero-order valence-electron chi connectivity index (χ0n) is 20.8. The van der Waals surface area contributed by atoms with Gasteiger partial charge in [-0.15, -0.1) is 0 Å². The predicted molar refractivity (Wildman–Crippen MR) is 145 cm³/mol. The van der Waals surface area contributed by atoms with Gasteiger partial charge in [-0.1, -0.05) is 0 Å². The third-order valence-electron chi connectivity index (χ3n) is 5.48. The zero-order chi connectivity index (χ0) is 25.0. The Kier molecular flexibility index (Phi) is 8.65. The van der Waals surface area contributed by atoms with Crippen molar-refractivity contribution in [1.29, 1.82) is 0 Å². The third kappa shape index (κ3) is 5.93. The summed E-state index contributed by atoms with van der Waals surface area (Å²) in [6, 6.07) is 18.5. The first kappa shape index (κ1) is 26.5. The van der Waals surface area contributed by atoms with E-state index in [2.05, 4.69) is 27.7 Å². The molecule has 0 heterocycles. The Hall–Kier alpha value is -2.10. The van der Waals surface area contributed by atoms with E-state index < -0.39 is 30.4 Å². The molecule has 0 N–H and O–H groups in total. The first-order valence-corrected chi connectivity index (χ1v) is 15.6. The minimum atomic E-state index is -3.96. The van der Waals surface area contributed by atoms with Gasteiger partial charge in [0.25, 0.3) is 0 Å². The number of hydrogen-bond acceptors (Lipinski definition) is 5. The van der Waals surface area contributed by atoms with Gasteiger partial charge in [0.2, 0.25) is 0 Å². The number of ether oxygens (including phenoxy) is 2. The molecule has 0 aliphatic carbocycles. The van der Waals surface area contributed by atoms with E-state index in [9.17, 15) is 8.42 Å². The molecule has 0 saturated heterocycles. The van der Waals surface area contributed by atoms with Crippen molar-refractivity contribution >= 4 is 30.4 Å². The number of methoxy groups -OCH3 is 2. The van der Waals surface area contributed by atoms with Crippen molar-refractivity contribution in [2.24, 2.45) is 0 Å². The molecule has 0 aromatic heterocycles. The van der Waals surface area contributed by atoms with Gasteiger partial charge in [0.05, 0.1) is 0 Å². The minimum absolute atomic E-state index is 0.163. The fourth-order valence-corrected chi connectivity index (χ4v) is 10.7. The number of hydrogen-bond donors (Lipinski definition) is 0. The monoisotopic (exact) mass is 596 g/mol. The molecule has 0 saturated carbocycles. The summed E-state index contributed by atoms with van der Waals surface area (Å²) in [6.07, 6.45) is 0. The Morgan fingerprint density at radius 2 is 1.15 bits per heavy atom. The summed E-state index contributed by atoms with van der Waals surface area (Å²) in [5, 5.41) is 0. The standard InChI is InChI=1S/C27H33IO5S/c1-18(2)24-16-21(10-14-26(24)31-6)28(22-11-15-27(32-7)25(17-22)19(3)4)33-34(29,30)23-12-8-20(5)9-13-23/h8-19H,1-7H3. The number of aryl methyl sites for hydroxylation is 1. The molecule has 0 spiro atoms. The van der Waals surface area contributed by atoms with Crippen LogP contribution in [0, 0.1) is 14.1 Å². The second-order valence-corrected chi connectivity index (χ2v) is 15.2. The molecular formula is C27H33IO5S. The van der Waals surface area contributed by atoms with Gasteiger partial charge < -0.3 is 0 Å². The van der Waals surface area contributed by atoms with Crippen LogP contribution in [0.25, 0.3) is 0 Å². The van der Waals surface area contributed by atoms with Crippen molar-refractivity contribution in [1.82, 2.24) is 0 Å². The van der Waals surface area contributed by atoms with Gasteiger partial charge in [0, 0.05) is 0 Å². The molecule has 184 valence electrons. The fraction of sp³-hybridized carbons (Fsp3) is 0.333. The molecule has 0 bridgehead atoms. The van der Waals surface area contributed by atoms with Gasteiger partial charge in [-0.05, 0) is 0 Å². The number of halogens is 1. The first-order valence-electron chi connectivity index (χ1n) is 11.1. The van der Waals surface area contributed by atoms with Crippen molar-refractivity contribution in [3.05, 3.63) is 84.5 Å². The summed E-state index contributed by atoms with van der Waals surface area (Å²) in [5.74, 6) is 1.99. The van der Waals surface area contributed by atoms with E-state index in [1.54, 1.807) is 38.5 Å². The molecule has 0 radical (unpaired) electrons. The Morgan fingerprint density at radius 3 is 1.53 bits per heavy atom. The van der Waals surface area contributed by atoms with Crippen molar-refractivity contribution in [2.45, 2.75) is 51.3 Å². The second kappa shape index (κ2) is 11.1. The normalized spacial score (nSPS) is 12.2. The van der Waals surface area contributed by atoms with Crippen LogP contribution in [0.1, 0.15) is 56.2 Å². The molecule has 0 fully saturated rings. The molecule has 3 aromatic carbocycles. The average molecular weight is 597 g/mol. The molecular weight excluding hydrogens is 563 g/mol. The average Bonchev–Trinajstić information content (AvgIpc) is 2.82. The van der Waals surface area contributed by atoms with Crippen LogP contribution in [-0.4, -0.2) is 22.6 Å². The molecule has 0 amide bonds. The molecule has 0 aliphatic heterocycles. The van der Waals surface area contributed by atoms with Gasteiger partial charge in [0.15, 0.2) is 0 Å². The molecule has 7 heteroatoms. The van der Waals surface area contributed by atoms with Gasteiger partial charge in [0.1, 0.15) is 0 Å². The fourth-order valence-electron chi connectivity index (χ4n) is 3.55. The van der Waals surface area contributed by atoms with E-state index in [4.69, 9.17) is 12.0 Å². The summed E-state index contributed by atoms with van der Waals surface area (Å²) in [6.45, 7) is 10.3. The maximum absolute atomic E-state index is 13.4. The molecule has 34 heavy (non-hydrogen) atoms. The van der Waals surface area contributed by atoms with Crippen LogP contribution in [-0.2, 0) is 12.6 Å². The maximum atomic E-state index is 13.4. The third-order valence-corrected chi connectivity index (χ3v) is 12.7. The SMILES string of the molecule is COc1ccc(I(OS(=O)(=O)c2ccc(C)cc2)c2ccc(OC)c(C(C)C)c2)cc1C(C)C. The molecule has 3 aromatic rings. The van der Waals surface area contributed by atoms with Crippen LogP contribution in [0.3, 0.4) is 0 Å². The van der Waals surface area contributed by atoms with Crippen molar-refractivity contribution in [2.75, 3.05) is 14.2 Å². The van der Waals surface area contributed by atoms with Gasteiger partial charge in [-0.3, -0.25) is 0 Å². The number of benzene rings is 3. The van der Waals surface area contributed by atoms with E-state index in [-0.39, 0.29) is 16.7 Å².